The number of phenolic OH excluding ortho intramolecular Hbond substituents is 1. The largest absolute Gasteiger partial charge is 0.505 e. The molecule has 1 amide bonds. The number of amides is 1. The molecule has 1 aromatic heterocycles. The number of rotatable bonds is 3. The van der Waals surface area contributed by atoms with Gasteiger partial charge in [0, 0.05) is 12.4 Å². The van der Waals surface area contributed by atoms with Crippen LogP contribution in [0.15, 0.2) is 42.7 Å². The Morgan fingerprint density at radius 2 is 2.05 bits per heavy atom. The zero-order valence-electron chi connectivity index (χ0n) is 10.7. The Hall–Kier alpha value is -2.89. The van der Waals surface area contributed by atoms with Crippen LogP contribution in [0.25, 0.3) is 0 Å². The number of carbonyl (C=O) groups excluding carboxylic acids is 2. The second-order valence-corrected chi connectivity index (χ2v) is 3.89. The Labute approximate surface area is 115 Å². The Morgan fingerprint density at radius 3 is 2.70 bits per heavy atom. The minimum Gasteiger partial charge on any atom is -0.505 e. The van der Waals surface area contributed by atoms with Gasteiger partial charge in [-0.2, -0.15) is 0 Å². The van der Waals surface area contributed by atoms with E-state index in [9.17, 15) is 14.7 Å². The SMILES string of the molecule is COC(=O)c1cccc(NC(=O)c2cccnc2)c1O. The highest BCUT2D eigenvalue weighted by Crippen LogP contribution is 2.28. The summed E-state index contributed by atoms with van der Waals surface area (Å²) in [4.78, 5) is 27.2. The number of pyridine rings is 1. The molecule has 0 aliphatic rings. The van der Waals surface area contributed by atoms with Gasteiger partial charge in [-0.05, 0) is 24.3 Å². The van der Waals surface area contributed by atoms with E-state index in [0.717, 1.165) is 0 Å². The van der Waals surface area contributed by atoms with E-state index in [1.165, 1.54) is 31.5 Å². The Morgan fingerprint density at radius 1 is 1.25 bits per heavy atom. The van der Waals surface area contributed by atoms with Crippen molar-refractivity contribution in [3.63, 3.8) is 0 Å². The third-order valence-electron chi connectivity index (χ3n) is 2.61. The van der Waals surface area contributed by atoms with Gasteiger partial charge in [-0.15, -0.1) is 0 Å². The number of phenols is 1. The van der Waals surface area contributed by atoms with Crippen LogP contribution in [0.5, 0.6) is 5.75 Å². The van der Waals surface area contributed by atoms with Gasteiger partial charge in [0.05, 0.1) is 18.4 Å². The molecule has 2 rings (SSSR count). The Balaban J connectivity index is 2.26. The first-order valence-electron chi connectivity index (χ1n) is 5.75. The maximum Gasteiger partial charge on any atom is 0.341 e. The van der Waals surface area contributed by atoms with Crippen molar-refractivity contribution < 1.29 is 19.4 Å². The van der Waals surface area contributed by atoms with E-state index in [1.54, 1.807) is 18.3 Å². The molecule has 0 radical (unpaired) electrons. The van der Waals surface area contributed by atoms with Crippen LogP contribution >= 0.6 is 0 Å². The first-order valence-corrected chi connectivity index (χ1v) is 5.75. The summed E-state index contributed by atoms with van der Waals surface area (Å²) >= 11 is 0. The molecule has 2 aromatic rings. The maximum atomic E-state index is 11.9. The van der Waals surface area contributed by atoms with Gasteiger partial charge >= 0.3 is 5.97 Å². The van der Waals surface area contributed by atoms with Crippen molar-refractivity contribution in [2.24, 2.45) is 0 Å². The van der Waals surface area contributed by atoms with Crippen LogP contribution in [0, 0.1) is 0 Å². The van der Waals surface area contributed by atoms with Gasteiger partial charge in [-0.1, -0.05) is 6.07 Å². The molecule has 0 unspecified atom stereocenters. The first kappa shape index (κ1) is 13.5. The molecule has 6 nitrogen and oxygen atoms in total. The van der Waals surface area contributed by atoms with E-state index in [4.69, 9.17) is 0 Å². The lowest BCUT2D eigenvalue weighted by Gasteiger charge is -2.09. The van der Waals surface area contributed by atoms with Gasteiger partial charge in [0.25, 0.3) is 5.91 Å². The summed E-state index contributed by atoms with van der Waals surface area (Å²) in [5, 5.41) is 12.5. The first-order chi connectivity index (χ1) is 9.63. The fourth-order valence-electron chi connectivity index (χ4n) is 1.61. The molecule has 0 saturated heterocycles. The van der Waals surface area contributed by atoms with Crippen molar-refractivity contribution in [2.75, 3.05) is 12.4 Å². The number of aromatic hydroxyl groups is 1. The molecule has 0 spiro atoms. The number of hydrogen-bond acceptors (Lipinski definition) is 5. The van der Waals surface area contributed by atoms with Gasteiger partial charge in [0.2, 0.25) is 0 Å². The topological polar surface area (TPSA) is 88.5 Å². The zero-order valence-corrected chi connectivity index (χ0v) is 10.7. The molecule has 0 bridgehead atoms. The summed E-state index contributed by atoms with van der Waals surface area (Å²) in [6.07, 6.45) is 2.95. The van der Waals surface area contributed by atoms with E-state index >= 15 is 0 Å². The molecular formula is C14H12N2O4. The van der Waals surface area contributed by atoms with Crippen LogP contribution in [0.2, 0.25) is 0 Å². The number of benzene rings is 1. The minimum absolute atomic E-state index is 0.0171. The fourth-order valence-corrected chi connectivity index (χ4v) is 1.61. The molecule has 102 valence electrons. The van der Waals surface area contributed by atoms with Crippen molar-refractivity contribution in [1.29, 1.82) is 0 Å². The van der Waals surface area contributed by atoms with Gasteiger partial charge in [0.1, 0.15) is 5.56 Å². The molecule has 0 saturated carbocycles. The average Bonchev–Trinajstić information content (AvgIpc) is 2.49. The molecule has 0 atom stereocenters. The Bertz CT molecular complexity index is 641. The number of esters is 1. The summed E-state index contributed by atoms with van der Waals surface area (Å²) in [6, 6.07) is 7.63. The molecule has 0 aliphatic carbocycles. The fraction of sp³-hybridized carbons (Fsp3) is 0.0714. The number of anilines is 1. The second-order valence-electron chi connectivity index (χ2n) is 3.89. The van der Waals surface area contributed by atoms with Crippen molar-refractivity contribution >= 4 is 17.6 Å². The van der Waals surface area contributed by atoms with E-state index in [2.05, 4.69) is 15.0 Å². The van der Waals surface area contributed by atoms with Crippen LogP contribution in [-0.2, 0) is 4.74 Å². The highest BCUT2D eigenvalue weighted by molar-refractivity contribution is 6.06. The number of nitrogens with zero attached hydrogens (tertiary/aromatic N) is 1. The van der Waals surface area contributed by atoms with Crippen LogP contribution in [0.4, 0.5) is 5.69 Å². The molecule has 1 heterocycles. The molecule has 6 heteroatoms. The van der Waals surface area contributed by atoms with Crippen molar-refractivity contribution in [2.45, 2.75) is 0 Å². The highest BCUT2D eigenvalue weighted by atomic mass is 16.5. The second kappa shape index (κ2) is 5.83. The van der Waals surface area contributed by atoms with E-state index in [-0.39, 0.29) is 17.0 Å². The lowest BCUT2D eigenvalue weighted by atomic mass is 10.1. The number of nitrogens with one attached hydrogen (secondary N) is 1. The van der Waals surface area contributed by atoms with Gasteiger partial charge in [0.15, 0.2) is 5.75 Å². The van der Waals surface area contributed by atoms with Gasteiger partial charge in [-0.3, -0.25) is 9.78 Å². The lowest BCUT2D eigenvalue weighted by Crippen LogP contribution is -2.13. The summed E-state index contributed by atoms with van der Waals surface area (Å²) in [6.45, 7) is 0. The number of aromatic nitrogens is 1. The molecule has 20 heavy (non-hydrogen) atoms. The molecule has 0 fully saturated rings. The van der Waals surface area contributed by atoms with Crippen LogP contribution in [0.1, 0.15) is 20.7 Å². The van der Waals surface area contributed by atoms with E-state index in [1.807, 2.05) is 0 Å². The number of ether oxygens (including phenoxy) is 1. The third kappa shape index (κ3) is 2.74. The summed E-state index contributed by atoms with van der Waals surface area (Å²) in [5.41, 5.74) is 0.452. The lowest BCUT2D eigenvalue weighted by molar-refractivity contribution is 0.0597. The number of para-hydroxylation sites is 1. The minimum atomic E-state index is -0.681. The van der Waals surface area contributed by atoms with Crippen LogP contribution in [0.3, 0.4) is 0 Å². The monoisotopic (exact) mass is 272 g/mol. The number of carbonyl (C=O) groups is 2. The van der Waals surface area contributed by atoms with Gasteiger partial charge < -0.3 is 15.2 Å². The van der Waals surface area contributed by atoms with E-state index in [0.29, 0.717) is 5.56 Å². The summed E-state index contributed by atoms with van der Waals surface area (Å²) < 4.78 is 4.54. The predicted octanol–water partition coefficient (Wildman–Crippen LogP) is 1.83. The van der Waals surface area contributed by atoms with Crippen LogP contribution in [-0.4, -0.2) is 29.1 Å². The standard InChI is InChI=1S/C14H12N2O4/c1-20-14(19)10-5-2-6-11(12(10)17)16-13(18)9-4-3-7-15-8-9/h2-8,17H,1H3,(H,16,18). The van der Waals surface area contributed by atoms with Gasteiger partial charge in [-0.25, -0.2) is 4.79 Å². The molecule has 1 aromatic carbocycles. The molecule has 2 N–H and O–H groups in total. The number of methoxy groups -OCH3 is 1. The summed E-state index contributed by atoms with van der Waals surface area (Å²) in [7, 11) is 1.21. The molecule has 0 aliphatic heterocycles. The predicted molar refractivity (Wildman–Crippen MR) is 71.6 cm³/mol. The maximum absolute atomic E-state index is 11.9. The average molecular weight is 272 g/mol. The Kier molecular flexibility index (Phi) is 3.95. The van der Waals surface area contributed by atoms with Crippen molar-refractivity contribution in [1.82, 2.24) is 4.98 Å². The zero-order chi connectivity index (χ0) is 14.5. The molecular weight excluding hydrogens is 260 g/mol. The quantitative estimate of drug-likeness (QED) is 0.657. The summed E-state index contributed by atoms with van der Waals surface area (Å²) in [5.74, 6) is -1.45. The van der Waals surface area contributed by atoms with Crippen LogP contribution < -0.4 is 5.32 Å². The smallest absolute Gasteiger partial charge is 0.341 e. The van der Waals surface area contributed by atoms with Crippen molar-refractivity contribution in [3.05, 3.63) is 53.9 Å². The van der Waals surface area contributed by atoms with E-state index < -0.39 is 11.9 Å². The highest BCUT2D eigenvalue weighted by Gasteiger charge is 2.16. The normalized spacial score (nSPS) is 9.85. The van der Waals surface area contributed by atoms with Crippen molar-refractivity contribution in [3.8, 4) is 5.75 Å². The third-order valence-corrected chi connectivity index (χ3v) is 2.61. The number of hydrogen-bond donors (Lipinski definition) is 2.